The van der Waals surface area contributed by atoms with E-state index in [1.165, 1.54) is 0 Å². The lowest BCUT2D eigenvalue weighted by molar-refractivity contribution is -0.125. The molecule has 3 heteroatoms. The molecule has 1 amide bonds. The molecule has 0 saturated carbocycles. The fourth-order valence-electron chi connectivity index (χ4n) is 1.30. The quantitative estimate of drug-likeness (QED) is 0.569. The molecule has 0 saturated heterocycles. The standard InChI is InChI=1S/C15H19NO2/c1-3-4-6-11-15(17)16(2)12-13-18-14-9-7-5-8-10-14/h3-11H,12-13H2,1-2H3. The predicted molar refractivity (Wildman–Crippen MR) is 73.5 cm³/mol. The number of benzene rings is 1. The lowest BCUT2D eigenvalue weighted by Crippen LogP contribution is -2.29. The van der Waals surface area contributed by atoms with Gasteiger partial charge in [0.05, 0.1) is 6.54 Å². The molecule has 0 bridgehead atoms. The molecule has 0 unspecified atom stereocenters. The summed E-state index contributed by atoms with van der Waals surface area (Å²) in [5, 5.41) is 0. The minimum absolute atomic E-state index is 0.0234. The SMILES string of the molecule is CC=CC=CC(=O)N(C)CCOc1ccccc1. The van der Waals surface area contributed by atoms with Crippen molar-refractivity contribution in [2.24, 2.45) is 0 Å². The van der Waals surface area contributed by atoms with Gasteiger partial charge in [-0.1, -0.05) is 36.4 Å². The Kier molecular flexibility index (Phi) is 6.33. The van der Waals surface area contributed by atoms with Gasteiger partial charge in [0.15, 0.2) is 0 Å². The fraction of sp³-hybridized carbons (Fsp3) is 0.267. The Morgan fingerprint density at radius 2 is 2.00 bits per heavy atom. The monoisotopic (exact) mass is 245 g/mol. The topological polar surface area (TPSA) is 29.5 Å². The van der Waals surface area contributed by atoms with Crippen LogP contribution in [0, 0.1) is 0 Å². The highest BCUT2D eigenvalue weighted by molar-refractivity contribution is 5.87. The van der Waals surface area contributed by atoms with E-state index in [0.29, 0.717) is 13.2 Å². The van der Waals surface area contributed by atoms with E-state index in [1.54, 1.807) is 24.1 Å². The number of ether oxygens (including phenoxy) is 1. The molecule has 96 valence electrons. The zero-order valence-corrected chi connectivity index (χ0v) is 10.9. The van der Waals surface area contributed by atoms with E-state index in [0.717, 1.165) is 5.75 Å². The van der Waals surface area contributed by atoms with Crippen molar-refractivity contribution in [2.75, 3.05) is 20.2 Å². The molecule has 18 heavy (non-hydrogen) atoms. The van der Waals surface area contributed by atoms with Gasteiger partial charge in [0, 0.05) is 13.1 Å². The number of hydrogen-bond acceptors (Lipinski definition) is 2. The zero-order valence-electron chi connectivity index (χ0n) is 10.9. The lowest BCUT2D eigenvalue weighted by atomic mass is 10.3. The van der Waals surface area contributed by atoms with E-state index in [4.69, 9.17) is 4.74 Å². The van der Waals surface area contributed by atoms with Gasteiger partial charge in [-0.2, -0.15) is 0 Å². The van der Waals surface area contributed by atoms with Crippen LogP contribution in [-0.4, -0.2) is 31.0 Å². The summed E-state index contributed by atoms with van der Waals surface area (Å²) in [6, 6.07) is 9.57. The number of carbonyl (C=O) groups excluding carboxylic acids is 1. The second kappa shape index (κ2) is 8.12. The number of nitrogens with zero attached hydrogens (tertiary/aromatic N) is 1. The zero-order chi connectivity index (χ0) is 13.2. The van der Waals surface area contributed by atoms with Gasteiger partial charge in [0.25, 0.3) is 0 Å². The maximum Gasteiger partial charge on any atom is 0.246 e. The van der Waals surface area contributed by atoms with Crippen LogP contribution in [0.5, 0.6) is 5.75 Å². The maximum atomic E-state index is 11.6. The molecule has 1 rings (SSSR count). The molecular weight excluding hydrogens is 226 g/mol. The Morgan fingerprint density at radius 1 is 1.28 bits per heavy atom. The van der Waals surface area contributed by atoms with Crippen LogP contribution >= 0.6 is 0 Å². The molecule has 0 atom stereocenters. The Labute approximate surface area is 108 Å². The van der Waals surface area contributed by atoms with Crippen molar-refractivity contribution in [3.63, 3.8) is 0 Å². The van der Waals surface area contributed by atoms with Gasteiger partial charge >= 0.3 is 0 Å². The molecule has 0 aromatic heterocycles. The summed E-state index contributed by atoms with van der Waals surface area (Å²) in [5.74, 6) is 0.799. The van der Waals surface area contributed by atoms with Gasteiger partial charge in [0.2, 0.25) is 5.91 Å². The van der Waals surface area contributed by atoms with Gasteiger partial charge < -0.3 is 9.64 Å². The largest absolute Gasteiger partial charge is 0.492 e. The van der Waals surface area contributed by atoms with Gasteiger partial charge in [-0.25, -0.2) is 0 Å². The first-order valence-electron chi connectivity index (χ1n) is 5.96. The molecule has 3 nitrogen and oxygen atoms in total. The molecule has 0 spiro atoms. The first kappa shape index (κ1) is 14.0. The first-order chi connectivity index (χ1) is 8.74. The lowest BCUT2D eigenvalue weighted by Gasteiger charge is -2.15. The smallest absolute Gasteiger partial charge is 0.246 e. The number of rotatable bonds is 6. The second-order valence-electron chi connectivity index (χ2n) is 3.81. The van der Waals surface area contributed by atoms with Crippen molar-refractivity contribution in [1.82, 2.24) is 4.90 Å². The molecule has 1 aromatic rings. The summed E-state index contributed by atoms with van der Waals surface area (Å²) in [4.78, 5) is 13.2. The first-order valence-corrected chi connectivity index (χ1v) is 5.96. The Morgan fingerprint density at radius 3 is 2.67 bits per heavy atom. The Balaban J connectivity index is 2.28. The Hall–Kier alpha value is -2.03. The van der Waals surface area contributed by atoms with Crippen LogP contribution in [-0.2, 0) is 4.79 Å². The van der Waals surface area contributed by atoms with Crippen LogP contribution in [0.4, 0.5) is 0 Å². The van der Waals surface area contributed by atoms with Crippen LogP contribution in [0.1, 0.15) is 6.92 Å². The highest BCUT2D eigenvalue weighted by Gasteiger charge is 2.03. The number of allylic oxidation sites excluding steroid dienone is 3. The number of hydrogen-bond donors (Lipinski definition) is 0. The molecule has 0 heterocycles. The van der Waals surface area contributed by atoms with Crippen molar-refractivity contribution in [3.05, 3.63) is 54.6 Å². The third-order valence-corrected chi connectivity index (χ3v) is 2.36. The van der Waals surface area contributed by atoms with Crippen molar-refractivity contribution in [3.8, 4) is 5.75 Å². The minimum atomic E-state index is -0.0234. The third-order valence-electron chi connectivity index (χ3n) is 2.36. The minimum Gasteiger partial charge on any atom is -0.492 e. The van der Waals surface area contributed by atoms with E-state index in [9.17, 15) is 4.79 Å². The summed E-state index contributed by atoms with van der Waals surface area (Å²) in [6.45, 7) is 2.96. The van der Waals surface area contributed by atoms with E-state index in [-0.39, 0.29) is 5.91 Å². The van der Waals surface area contributed by atoms with Crippen LogP contribution < -0.4 is 4.74 Å². The number of amides is 1. The summed E-state index contributed by atoms with van der Waals surface area (Å²) in [6.07, 6.45) is 6.98. The van der Waals surface area contributed by atoms with Crippen molar-refractivity contribution in [1.29, 1.82) is 0 Å². The van der Waals surface area contributed by atoms with Crippen LogP contribution in [0.15, 0.2) is 54.6 Å². The summed E-state index contributed by atoms with van der Waals surface area (Å²) >= 11 is 0. The Bertz CT molecular complexity index is 410. The van der Waals surface area contributed by atoms with Crippen LogP contribution in [0.25, 0.3) is 0 Å². The van der Waals surface area contributed by atoms with E-state index >= 15 is 0 Å². The third kappa shape index (κ3) is 5.34. The molecular formula is C15H19NO2. The molecule has 0 aliphatic heterocycles. The van der Waals surface area contributed by atoms with Gasteiger partial charge in [0.1, 0.15) is 12.4 Å². The van der Waals surface area contributed by atoms with Crippen molar-refractivity contribution in [2.45, 2.75) is 6.92 Å². The highest BCUT2D eigenvalue weighted by Crippen LogP contribution is 2.07. The summed E-state index contributed by atoms with van der Waals surface area (Å²) in [5.41, 5.74) is 0. The summed E-state index contributed by atoms with van der Waals surface area (Å²) in [7, 11) is 1.76. The molecule has 0 aliphatic carbocycles. The normalized spacial score (nSPS) is 11.0. The average Bonchev–Trinajstić information content (AvgIpc) is 2.40. The van der Waals surface area contributed by atoms with E-state index in [2.05, 4.69) is 0 Å². The molecule has 0 N–H and O–H groups in total. The van der Waals surface area contributed by atoms with Crippen LogP contribution in [0.2, 0.25) is 0 Å². The van der Waals surface area contributed by atoms with Crippen LogP contribution in [0.3, 0.4) is 0 Å². The second-order valence-corrected chi connectivity index (χ2v) is 3.81. The van der Waals surface area contributed by atoms with Gasteiger partial charge in [-0.15, -0.1) is 0 Å². The number of carbonyl (C=O) groups is 1. The molecule has 0 fully saturated rings. The maximum absolute atomic E-state index is 11.6. The fourth-order valence-corrected chi connectivity index (χ4v) is 1.30. The molecule has 0 radical (unpaired) electrons. The van der Waals surface area contributed by atoms with E-state index in [1.807, 2.05) is 49.4 Å². The average molecular weight is 245 g/mol. The van der Waals surface area contributed by atoms with Crippen molar-refractivity contribution >= 4 is 5.91 Å². The number of para-hydroxylation sites is 1. The predicted octanol–water partition coefficient (Wildman–Crippen LogP) is 2.66. The molecule has 0 aliphatic rings. The van der Waals surface area contributed by atoms with Crippen molar-refractivity contribution < 1.29 is 9.53 Å². The summed E-state index contributed by atoms with van der Waals surface area (Å²) < 4.78 is 5.52. The van der Waals surface area contributed by atoms with E-state index < -0.39 is 0 Å². The highest BCUT2D eigenvalue weighted by atomic mass is 16.5. The van der Waals surface area contributed by atoms with Gasteiger partial charge in [-0.05, 0) is 19.1 Å². The number of likely N-dealkylation sites (N-methyl/N-ethyl adjacent to an activating group) is 1. The van der Waals surface area contributed by atoms with Gasteiger partial charge in [-0.3, -0.25) is 4.79 Å². The molecule has 1 aromatic carbocycles.